The summed E-state index contributed by atoms with van der Waals surface area (Å²) in [7, 11) is 0. The largest absolute Gasteiger partial charge is 0.494 e. The van der Waals surface area contributed by atoms with Crippen molar-refractivity contribution in [1.82, 2.24) is 29.0 Å². The minimum absolute atomic E-state index is 0.141. The van der Waals surface area contributed by atoms with Gasteiger partial charge in [0.2, 0.25) is 11.6 Å². The number of hydrogen-bond acceptors (Lipinski definition) is 7. The van der Waals surface area contributed by atoms with Gasteiger partial charge in [-0.15, -0.1) is 10.2 Å². The van der Waals surface area contributed by atoms with Crippen LogP contribution in [0.4, 0.5) is 5.82 Å². The molecule has 0 spiro atoms. The van der Waals surface area contributed by atoms with Crippen LogP contribution in [0.1, 0.15) is 25.6 Å². The van der Waals surface area contributed by atoms with Crippen molar-refractivity contribution in [1.29, 1.82) is 0 Å². The van der Waals surface area contributed by atoms with Crippen molar-refractivity contribution in [2.24, 2.45) is 0 Å². The van der Waals surface area contributed by atoms with Gasteiger partial charge in [0.05, 0.1) is 6.61 Å². The second-order valence-electron chi connectivity index (χ2n) is 8.62. The maximum atomic E-state index is 13.0. The van der Waals surface area contributed by atoms with E-state index in [9.17, 15) is 9.59 Å². The van der Waals surface area contributed by atoms with E-state index in [-0.39, 0.29) is 17.1 Å². The lowest BCUT2D eigenvalue weighted by Crippen LogP contribution is -2.49. The highest BCUT2D eigenvalue weighted by atomic mass is 16.5. The summed E-state index contributed by atoms with van der Waals surface area (Å²) in [4.78, 5) is 34.3. The van der Waals surface area contributed by atoms with E-state index in [4.69, 9.17) is 4.74 Å². The topological polar surface area (TPSA) is 97.9 Å². The average molecular weight is 488 g/mol. The zero-order chi connectivity index (χ0) is 24.9. The molecule has 0 N–H and O–H groups in total. The van der Waals surface area contributed by atoms with Crippen molar-refractivity contribution in [3.8, 4) is 11.4 Å². The molecule has 1 aliphatic rings. The number of benzene rings is 1. The molecule has 0 saturated carbocycles. The fourth-order valence-corrected chi connectivity index (χ4v) is 4.46. The van der Waals surface area contributed by atoms with E-state index in [1.54, 1.807) is 23.0 Å². The molecule has 186 valence electrons. The van der Waals surface area contributed by atoms with Gasteiger partial charge in [-0.1, -0.05) is 6.07 Å². The number of anilines is 1. The summed E-state index contributed by atoms with van der Waals surface area (Å²) in [5.74, 6) is 2.52. The number of hydrogen-bond donors (Lipinski definition) is 0. The molecule has 0 atom stereocenters. The number of fused-ring (bicyclic) bond motifs is 1. The zero-order valence-electron chi connectivity index (χ0n) is 20.3. The lowest BCUT2D eigenvalue weighted by atomic mass is 10.2. The van der Waals surface area contributed by atoms with Crippen LogP contribution >= 0.6 is 0 Å². The number of piperazine rings is 1. The normalized spacial score (nSPS) is 13.8. The first-order chi connectivity index (χ1) is 17.6. The van der Waals surface area contributed by atoms with E-state index in [2.05, 4.69) is 20.1 Å². The number of amides is 1. The van der Waals surface area contributed by atoms with Crippen molar-refractivity contribution >= 4 is 17.4 Å². The average Bonchev–Trinajstić information content (AvgIpc) is 3.34. The Hall–Kier alpha value is -4.21. The highest BCUT2D eigenvalue weighted by Gasteiger charge is 2.21. The molecule has 10 heteroatoms. The van der Waals surface area contributed by atoms with Crippen molar-refractivity contribution in [3.63, 3.8) is 0 Å². The second-order valence-corrected chi connectivity index (χ2v) is 8.62. The van der Waals surface area contributed by atoms with E-state index >= 15 is 0 Å². The van der Waals surface area contributed by atoms with Crippen LogP contribution in [0.3, 0.4) is 0 Å². The van der Waals surface area contributed by atoms with E-state index in [0.717, 1.165) is 30.3 Å². The molecule has 0 aliphatic carbocycles. The molecule has 5 rings (SSSR count). The van der Waals surface area contributed by atoms with Gasteiger partial charge >= 0.3 is 5.56 Å². The maximum Gasteiger partial charge on any atom is 0.300 e. The first-order valence-electron chi connectivity index (χ1n) is 12.3. The van der Waals surface area contributed by atoms with Gasteiger partial charge in [0.15, 0.2) is 0 Å². The van der Waals surface area contributed by atoms with Gasteiger partial charge in [0.1, 0.15) is 17.4 Å². The summed E-state index contributed by atoms with van der Waals surface area (Å²) >= 11 is 0. The SMILES string of the molecule is CCOc1ccc(-n2ccn3c(CCCC(=O)N4CCN(c5ccccn5)CC4)nnc3c2=O)cc1. The number of ether oxygens (including phenoxy) is 1. The summed E-state index contributed by atoms with van der Waals surface area (Å²) in [5.41, 5.74) is 0.741. The highest BCUT2D eigenvalue weighted by Crippen LogP contribution is 2.16. The smallest absolute Gasteiger partial charge is 0.300 e. The number of carbonyl (C=O) groups excluding carboxylic acids is 1. The number of aryl methyl sites for hydroxylation is 1. The fraction of sp³-hybridized carbons (Fsp3) is 0.346. The molecule has 1 aliphatic heterocycles. The zero-order valence-corrected chi connectivity index (χ0v) is 20.3. The summed E-state index contributed by atoms with van der Waals surface area (Å²) in [6.07, 6.45) is 6.93. The molecule has 1 amide bonds. The van der Waals surface area contributed by atoms with Crippen LogP contribution < -0.4 is 15.2 Å². The molecule has 1 fully saturated rings. The molecular formula is C26H29N7O3. The number of nitrogens with zero attached hydrogens (tertiary/aromatic N) is 7. The van der Waals surface area contributed by atoms with Crippen molar-refractivity contribution < 1.29 is 9.53 Å². The van der Waals surface area contributed by atoms with Crippen LogP contribution in [0, 0.1) is 0 Å². The summed E-state index contributed by atoms with van der Waals surface area (Å²) in [6.45, 7) is 5.44. The third kappa shape index (κ3) is 4.93. The molecule has 36 heavy (non-hydrogen) atoms. The molecule has 4 heterocycles. The van der Waals surface area contributed by atoms with Gasteiger partial charge in [0.25, 0.3) is 0 Å². The second kappa shape index (κ2) is 10.6. The lowest BCUT2D eigenvalue weighted by Gasteiger charge is -2.35. The monoisotopic (exact) mass is 487 g/mol. The standard InChI is InChI=1S/C26H29N7O3/c1-2-36-21-11-9-20(10-12-21)32-18-19-33-23(28-29-25(33)26(32)35)7-5-8-24(34)31-16-14-30(15-17-31)22-6-3-4-13-27-22/h3-4,6,9-13,18-19H,2,5,7-8,14-17H2,1H3. The molecule has 0 unspecified atom stereocenters. The quantitative estimate of drug-likeness (QED) is 0.376. The lowest BCUT2D eigenvalue weighted by molar-refractivity contribution is -0.131. The minimum atomic E-state index is -0.248. The third-order valence-corrected chi connectivity index (χ3v) is 6.36. The Labute approximate surface area is 208 Å². The molecule has 1 saturated heterocycles. The Bertz CT molecular complexity index is 1370. The first-order valence-corrected chi connectivity index (χ1v) is 12.3. The predicted octanol–water partition coefficient (Wildman–Crippen LogP) is 2.35. The van der Waals surface area contributed by atoms with Crippen LogP contribution in [-0.4, -0.2) is 67.7 Å². The molecule has 4 aromatic rings. The van der Waals surface area contributed by atoms with E-state index in [1.807, 2.05) is 54.3 Å². The Morgan fingerprint density at radius 2 is 1.81 bits per heavy atom. The highest BCUT2D eigenvalue weighted by molar-refractivity contribution is 5.76. The van der Waals surface area contributed by atoms with Gasteiger partial charge in [-0.25, -0.2) is 4.98 Å². The summed E-state index contributed by atoms with van der Waals surface area (Å²) in [6, 6.07) is 13.2. The molecule has 3 aromatic heterocycles. The number of rotatable bonds is 8. The molecule has 1 aromatic carbocycles. The van der Waals surface area contributed by atoms with E-state index < -0.39 is 0 Å². The molecule has 0 radical (unpaired) electrons. The van der Waals surface area contributed by atoms with Gasteiger partial charge in [0, 0.05) is 63.3 Å². The van der Waals surface area contributed by atoms with Crippen molar-refractivity contribution in [2.75, 3.05) is 37.7 Å². The Balaban J connectivity index is 1.17. The minimum Gasteiger partial charge on any atom is -0.494 e. The fourth-order valence-electron chi connectivity index (χ4n) is 4.46. The number of pyridine rings is 1. The first kappa shape index (κ1) is 23.5. The molecule has 0 bridgehead atoms. The van der Waals surface area contributed by atoms with E-state index in [0.29, 0.717) is 44.8 Å². The Kier molecular flexibility index (Phi) is 6.92. The van der Waals surface area contributed by atoms with Crippen LogP contribution in [0.25, 0.3) is 11.3 Å². The van der Waals surface area contributed by atoms with Crippen LogP contribution in [0.5, 0.6) is 5.75 Å². The Morgan fingerprint density at radius 3 is 2.53 bits per heavy atom. The van der Waals surface area contributed by atoms with Gasteiger partial charge in [-0.3, -0.25) is 18.6 Å². The van der Waals surface area contributed by atoms with Gasteiger partial charge < -0.3 is 14.5 Å². The molecule has 10 nitrogen and oxygen atoms in total. The van der Waals surface area contributed by atoms with Crippen LogP contribution in [0.15, 0.2) is 65.8 Å². The van der Waals surface area contributed by atoms with Crippen LogP contribution in [0.2, 0.25) is 0 Å². The van der Waals surface area contributed by atoms with Gasteiger partial charge in [-0.2, -0.15) is 0 Å². The van der Waals surface area contributed by atoms with Gasteiger partial charge in [-0.05, 0) is 49.7 Å². The summed E-state index contributed by atoms with van der Waals surface area (Å²) < 4.78 is 8.72. The van der Waals surface area contributed by atoms with Crippen molar-refractivity contribution in [3.05, 3.63) is 77.2 Å². The molecular weight excluding hydrogens is 458 g/mol. The Morgan fingerprint density at radius 1 is 1.00 bits per heavy atom. The van der Waals surface area contributed by atoms with Crippen LogP contribution in [-0.2, 0) is 11.2 Å². The summed E-state index contributed by atoms with van der Waals surface area (Å²) in [5, 5.41) is 8.35. The third-order valence-electron chi connectivity index (χ3n) is 6.36. The maximum absolute atomic E-state index is 13.0. The van der Waals surface area contributed by atoms with E-state index in [1.165, 1.54) is 4.57 Å². The number of aromatic nitrogens is 5. The predicted molar refractivity (Wildman–Crippen MR) is 136 cm³/mol. The van der Waals surface area contributed by atoms with Crippen molar-refractivity contribution in [2.45, 2.75) is 26.2 Å². The number of carbonyl (C=O) groups is 1.